The highest BCUT2D eigenvalue weighted by Gasteiger charge is 2.24. The Bertz CT molecular complexity index is 1120. The number of ether oxygens (including phenoxy) is 2. The molecular formula is C23H15Cl2NO3. The zero-order valence-electron chi connectivity index (χ0n) is 15.1. The van der Waals surface area contributed by atoms with Gasteiger partial charge < -0.3 is 9.47 Å². The topological polar surface area (TPSA) is 47.9 Å². The standard InChI is InChI=1S/C23H15Cl2NO3/c24-18-10-8-16(9-11-18)22-26-21(23(27)29-22)13-15-4-3-6-19(12-15)28-14-17-5-1-2-7-20(17)25/h1-13H,14H2/b21-13+. The van der Waals surface area contributed by atoms with Crippen LogP contribution < -0.4 is 4.74 Å². The second kappa shape index (κ2) is 8.52. The predicted octanol–water partition coefficient (Wildman–Crippen LogP) is 5.92. The maximum absolute atomic E-state index is 12.2. The Labute approximate surface area is 178 Å². The number of nitrogens with zero attached hydrogens (tertiary/aromatic N) is 1. The van der Waals surface area contributed by atoms with E-state index in [1.807, 2.05) is 48.5 Å². The molecule has 29 heavy (non-hydrogen) atoms. The first kappa shape index (κ1) is 19.2. The van der Waals surface area contributed by atoms with Crippen LogP contribution in [0.15, 0.2) is 83.5 Å². The summed E-state index contributed by atoms with van der Waals surface area (Å²) in [7, 11) is 0. The summed E-state index contributed by atoms with van der Waals surface area (Å²) in [5.74, 6) is 0.411. The van der Waals surface area contributed by atoms with E-state index in [0.717, 1.165) is 11.1 Å². The van der Waals surface area contributed by atoms with Crippen LogP contribution in [0.1, 0.15) is 16.7 Å². The monoisotopic (exact) mass is 423 g/mol. The SMILES string of the molecule is O=C1OC(c2ccc(Cl)cc2)=N/C1=C/c1cccc(OCc2ccccc2Cl)c1. The molecule has 0 aromatic heterocycles. The molecule has 1 heterocycles. The van der Waals surface area contributed by atoms with Crippen LogP contribution in [0.4, 0.5) is 0 Å². The largest absolute Gasteiger partial charge is 0.489 e. The first-order chi connectivity index (χ1) is 14.1. The minimum Gasteiger partial charge on any atom is -0.489 e. The molecule has 3 aromatic rings. The number of carbonyl (C=O) groups excluding carboxylic acids is 1. The maximum atomic E-state index is 12.2. The molecule has 4 rings (SSSR count). The van der Waals surface area contributed by atoms with Crippen molar-refractivity contribution in [1.82, 2.24) is 0 Å². The van der Waals surface area contributed by atoms with Crippen molar-refractivity contribution in [3.63, 3.8) is 0 Å². The summed E-state index contributed by atoms with van der Waals surface area (Å²) in [6.07, 6.45) is 1.66. The summed E-state index contributed by atoms with van der Waals surface area (Å²) in [4.78, 5) is 16.5. The average Bonchev–Trinajstić information content (AvgIpc) is 3.08. The minimum atomic E-state index is -0.502. The van der Waals surface area contributed by atoms with Crippen LogP contribution in [0, 0.1) is 0 Å². The van der Waals surface area contributed by atoms with Gasteiger partial charge in [-0.15, -0.1) is 0 Å². The van der Waals surface area contributed by atoms with Crippen LogP contribution in [0.2, 0.25) is 10.0 Å². The van der Waals surface area contributed by atoms with E-state index in [4.69, 9.17) is 32.7 Å². The molecule has 0 saturated heterocycles. The number of carbonyl (C=O) groups is 1. The number of halogens is 2. The molecule has 4 nitrogen and oxygen atoms in total. The van der Waals surface area contributed by atoms with Crippen molar-refractivity contribution in [1.29, 1.82) is 0 Å². The molecule has 0 aliphatic carbocycles. The molecule has 0 N–H and O–H groups in total. The molecule has 1 aliphatic rings. The fourth-order valence-electron chi connectivity index (χ4n) is 2.75. The number of hydrogen-bond donors (Lipinski definition) is 0. The van der Waals surface area contributed by atoms with E-state index in [9.17, 15) is 4.79 Å². The molecule has 0 bridgehead atoms. The van der Waals surface area contributed by atoms with Gasteiger partial charge in [0.1, 0.15) is 12.4 Å². The molecule has 0 unspecified atom stereocenters. The van der Waals surface area contributed by atoms with Crippen LogP contribution in [0.5, 0.6) is 5.75 Å². The lowest BCUT2D eigenvalue weighted by atomic mass is 10.2. The lowest BCUT2D eigenvalue weighted by Crippen LogP contribution is -2.05. The Morgan fingerprint density at radius 3 is 2.55 bits per heavy atom. The Morgan fingerprint density at radius 2 is 1.76 bits per heavy atom. The van der Waals surface area contributed by atoms with Gasteiger partial charge >= 0.3 is 5.97 Å². The smallest absolute Gasteiger partial charge is 0.363 e. The molecule has 0 saturated carbocycles. The zero-order chi connectivity index (χ0) is 20.2. The highest BCUT2D eigenvalue weighted by atomic mass is 35.5. The number of rotatable bonds is 5. The molecular weight excluding hydrogens is 409 g/mol. The van der Waals surface area contributed by atoms with E-state index < -0.39 is 5.97 Å². The molecule has 0 amide bonds. The number of aliphatic imine (C=N–C) groups is 1. The quantitative estimate of drug-likeness (QED) is 0.378. The van der Waals surface area contributed by atoms with Crippen LogP contribution in [-0.4, -0.2) is 11.9 Å². The number of esters is 1. The normalized spacial score (nSPS) is 14.6. The highest BCUT2D eigenvalue weighted by Crippen LogP contribution is 2.23. The Morgan fingerprint density at radius 1 is 0.966 bits per heavy atom. The van der Waals surface area contributed by atoms with Crippen LogP contribution >= 0.6 is 23.2 Å². The van der Waals surface area contributed by atoms with Crippen molar-refractivity contribution in [2.24, 2.45) is 4.99 Å². The Kier molecular flexibility index (Phi) is 5.65. The van der Waals surface area contributed by atoms with Crippen LogP contribution in [0.3, 0.4) is 0 Å². The number of benzene rings is 3. The van der Waals surface area contributed by atoms with Gasteiger partial charge in [-0.05, 0) is 54.1 Å². The summed E-state index contributed by atoms with van der Waals surface area (Å²) in [5, 5.41) is 1.26. The fraction of sp³-hybridized carbons (Fsp3) is 0.0435. The summed E-state index contributed by atoms with van der Waals surface area (Å²) in [6.45, 7) is 0.348. The van der Waals surface area contributed by atoms with Gasteiger partial charge in [0.05, 0.1) is 0 Å². The Hall–Kier alpha value is -3.08. The average molecular weight is 424 g/mol. The third-order valence-corrected chi connectivity index (χ3v) is 4.85. The molecule has 0 fully saturated rings. The lowest BCUT2D eigenvalue weighted by Gasteiger charge is -2.08. The van der Waals surface area contributed by atoms with Crippen molar-refractivity contribution in [2.75, 3.05) is 0 Å². The van der Waals surface area contributed by atoms with E-state index in [-0.39, 0.29) is 11.6 Å². The van der Waals surface area contributed by atoms with Crippen LogP contribution in [-0.2, 0) is 16.1 Å². The third-order valence-electron chi connectivity index (χ3n) is 4.23. The lowest BCUT2D eigenvalue weighted by molar-refractivity contribution is -0.129. The molecule has 3 aromatic carbocycles. The zero-order valence-corrected chi connectivity index (χ0v) is 16.7. The van der Waals surface area contributed by atoms with Crippen LogP contribution in [0.25, 0.3) is 6.08 Å². The third kappa shape index (κ3) is 4.67. The second-order valence-electron chi connectivity index (χ2n) is 6.30. The van der Waals surface area contributed by atoms with Crippen molar-refractivity contribution in [2.45, 2.75) is 6.61 Å². The van der Waals surface area contributed by atoms with Gasteiger partial charge in [0.2, 0.25) is 5.90 Å². The van der Waals surface area contributed by atoms with Gasteiger partial charge in [-0.1, -0.05) is 53.5 Å². The van der Waals surface area contributed by atoms with E-state index in [1.54, 1.807) is 30.3 Å². The van der Waals surface area contributed by atoms with Gasteiger partial charge in [-0.3, -0.25) is 0 Å². The molecule has 0 spiro atoms. The van der Waals surface area contributed by atoms with Crippen molar-refractivity contribution in [3.8, 4) is 5.75 Å². The Balaban J connectivity index is 1.52. The highest BCUT2D eigenvalue weighted by molar-refractivity contribution is 6.31. The van der Waals surface area contributed by atoms with Gasteiger partial charge in [0, 0.05) is 21.2 Å². The van der Waals surface area contributed by atoms with Gasteiger partial charge in [-0.2, -0.15) is 0 Å². The van der Waals surface area contributed by atoms with E-state index >= 15 is 0 Å². The first-order valence-corrected chi connectivity index (χ1v) is 9.59. The van der Waals surface area contributed by atoms with Crippen molar-refractivity contribution >= 4 is 41.1 Å². The van der Waals surface area contributed by atoms with Gasteiger partial charge in [0.25, 0.3) is 0 Å². The second-order valence-corrected chi connectivity index (χ2v) is 7.14. The number of cyclic esters (lactones) is 1. The molecule has 0 atom stereocenters. The maximum Gasteiger partial charge on any atom is 0.363 e. The van der Waals surface area contributed by atoms with Gasteiger partial charge in [-0.25, -0.2) is 9.79 Å². The first-order valence-electron chi connectivity index (χ1n) is 8.83. The van der Waals surface area contributed by atoms with Crippen molar-refractivity contribution < 1.29 is 14.3 Å². The summed E-state index contributed by atoms with van der Waals surface area (Å²) in [6, 6.07) is 21.8. The van der Waals surface area contributed by atoms with E-state index in [2.05, 4.69) is 4.99 Å². The minimum absolute atomic E-state index is 0.221. The van der Waals surface area contributed by atoms with Crippen molar-refractivity contribution in [3.05, 3.63) is 105 Å². The van der Waals surface area contributed by atoms with Gasteiger partial charge in [0.15, 0.2) is 5.70 Å². The molecule has 1 aliphatic heterocycles. The molecule has 144 valence electrons. The summed E-state index contributed by atoms with van der Waals surface area (Å²) >= 11 is 12.1. The number of hydrogen-bond acceptors (Lipinski definition) is 4. The van der Waals surface area contributed by atoms with E-state index in [0.29, 0.717) is 28.0 Å². The van der Waals surface area contributed by atoms with E-state index in [1.165, 1.54) is 0 Å². The molecule has 0 radical (unpaired) electrons. The fourth-order valence-corrected chi connectivity index (χ4v) is 3.07. The predicted molar refractivity (Wildman–Crippen MR) is 114 cm³/mol. The summed E-state index contributed by atoms with van der Waals surface area (Å²) < 4.78 is 11.1. The molecule has 6 heteroatoms. The summed E-state index contributed by atoms with van der Waals surface area (Å²) in [5.41, 5.74) is 2.57.